The second-order valence-corrected chi connectivity index (χ2v) is 3.08. The van der Waals surface area contributed by atoms with Crippen molar-refractivity contribution >= 4 is 0 Å². The van der Waals surface area contributed by atoms with Crippen LogP contribution in [-0.4, -0.2) is 6.61 Å². The molecule has 0 aliphatic carbocycles. The molecular weight excluding hydrogens is 136 g/mol. The SMILES string of the molecule is CCC=CCCCC(C)C[O]. The molecule has 0 saturated carbocycles. The van der Waals surface area contributed by atoms with E-state index in [4.69, 9.17) is 0 Å². The second-order valence-electron chi connectivity index (χ2n) is 3.08. The van der Waals surface area contributed by atoms with Crippen LogP contribution in [0.5, 0.6) is 0 Å². The van der Waals surface area contributed by atoms with Gasteiger partial charge in [-0.3, -0.25) is 0 Å². The lowest BCUT2D eigenvalue weighted by atomic mass is 10.1. The van der Waals surface area contributed by atoms with Gasteiger partial charge in [0.1, 0.15) is 0 Å². The fraction of sp³-hybridized carbons (Fsp3) is 0.800. The van der Waals surface area contributed by atoms with Gasteiger partial charge in [0.05, 0.1) is 6.61 Å². The van der Waals surface area contributed by atoms with E-state index < -0.39 is 0 Å². The zero-order chi connectivity index (χ0) is 8.53. The standard InChI is InChI=1S/C10H19O/c1-3-4-5-6-7-8-10(2)9-11/h4-5,10H,3,6-9H2,1-2H3. The number of hydrogen-bond acceptors (Lipinski definition) is 0. The third-order valence-corrected chi connectivity index (χ3v) is 1.75. The molecule has 0 heterocycles. The van der Waals surface area contributed by atoms with E-state index in [-0.39, 0.29) is 6.61 Å². The Labute approximate surface area is 70.1 Å². The summed E-state index contributed by atoms with van der Waals surface area (Å²) in [6, 6.07) is 0. The summed E-state index contributed by atoms with van der Waals surface area (Å²) in [5.74, 6) is 0.366. The van der Waals surface area contributed by atoms with Gasteiger partial charge in [-0.2, -0.15) is 0 Å². The van der Waals surface area contributed by atoms with Crippen molar-refractivity contribution in [2.45, 2.75) is 39.5 Å². The van der Waals surface area contributed by atoms with Crippen LogP contribution in [0, 0.1) is 5.92 Å². The van der Waals surface area contributed by atoms with Gasteiger partial charge in [-0.05, 0) is 31.6 Å². The van der Waals surface area contributed by atoms with Crippen molar-refractivity contribution in [2.24, 2.45) is 5.92 Å². The zero-order valence-corrected chi connectivity index (χ0v) is 7.68. The van der Waals surface area contributed by atoms with Gasteiger partial charge in [0, 0.05) is 0 Å². The number of hydrogen-bond donors (Lipinski definition) is 0. The van der Waals surface area contributed by atoms with E-state index in [0.29, 0.717) is 5.92 Å². The van der Waals surface area contributed by atoms with Gasteiger partial charge in [-0.25, -0.2) is 5.11 Å². The van der Waals surface area contributed by atoms with Gasteiger partial charge in [0.2, 0.25) is 0 Å². The van der Waals surface area contributed by atoms with E-state index in [9.17, 15) is 5.11 Å². The quantitative estimate of drug-likeness (QED) is 0.414. The topological polar surface area (TPSA) is 19.9 Å². The van der Waals surface area contributed by atoms with Gasteiger partial charge in [-0.15, -0.1) is 0 Å². The van der Waals surface area contributed by atoms with Crippen LogP contribution in [0.25, 0.3) is 0 Å². The predicted molar refractivity (Wildman–Crippen MR) is 48.0 cm³/mol. The average Bonchev–Trinajstić information content (AvgIpc) is 2.04. The molecule has 1 radical (unpaired) electrons. The van der Waals surface area contributed by atoms with E-state index in [0.717, 1.165) is 19.3 Å². The molecule has 0 aliphatic heterocycles. The molecule has 0 aromatic rings. The van der Waals surface area contributed by atoms with Crippen LogP contribution in [0.3, 0.4) is 0 Å². The van der Waals surface area contributed by atoms with Crippen molar-refractivity contribution in [3.8, 4) is 0 Å². The smallest absolute Gasteiger partial charge is 0.0847 e. The Balaban J connectivity index is 3.07. The molecule has 1 nitrogen and oxygen atoms in total. The van der Waals surface area contributed by atoms with Crippen LogP contribution in [0.15, 0.2) is 12.2 Å². The van der Waals surface area contributed by atoms with E-state index in [1.165, 1.54) is 6.42 Å². The molecule has 0 fully saturated rings. The third kappa shape index (κ3) is 7.60. The van der Waals surface area contributed by atoms with E-state index >= 15 is 0 Å². The first-order chi connectivity index (χ1) is 5.31. The second kappa shape index (κ2) is 7.80. The van der Waals surface area contributed by atoms with E-state index in [1.807, 2.05) is 6.92 Å². The normalized spacial score (nSPS) is 14.1. The van der Waals surface area contributed by atoms with E-state index in [2.05, 4.69) is 19.1 Å². The van der Waals surface area contributed by atoms with Crippen LogP contribution in [0.4, 0.5) is 0 Å². The summed E-state index contributed by atoms with van der Waals surface area (Å²) in [6.45, 7) is 4.24. The summed E-state index contributed by atoms with van der Waals surface area (Å²) < 4.78 is 0. The number of rotatable bonds is 6. The highest BCUT2D eigenvalue weighted by atomic mass is 16.3. The average molecular weight is 155 g/mol. The van der Waals surface area contributed by atoms with Crippen molar-refractivity contribution in [1.29, 1.82) is 0 Å². The molecule has 0 spiro atoms. The largest absolute Gasteiger partial charge is 0.236 e. The maximum atomic E-state index is 10.3. The van der Waals surface area contributed by atoms with Crippen LogP contribution in [0.2, 0.25) is 0 Å². The Morgan fingerprint density at radius 2 is 2.09 bits per heavy atom. The summed E-state index contributed by atoms with van der Waals surface area (Å²) in [4.78, 5) is 0. The molecule has 1 unspecified atom stereocenters. The first kappa shape index (κ1) is 10.7. The highest BCUT2D eigenvalue weighted by Crippen LogP contribution is 2.07. The fourth-order valence-corrected chi connectivity index (χ4v) is 0.952. The highest BCUT2D eigenvalue weighted by Gasteiger charge is 1.97. The van der Waals surface area contributed by atoms with Crippen LogP contribution in [0.1, 0.15) is 39.5 Å². The first-order valence-corrected chi connectivity index (χ1v) is 4.54. The minimum Gasteiger partial charge on any atom is -0.236 e. The van der Waals surface area contributed by atoms with Crippen molar-refractivity contribution in [3.63, 3.8) is 0 Å². The van der Waals surface area contributed by atoms with Crippen molar-refractivity contribution < 1.29 is 5.11 Å². The Kier molecular flexibility index (Phi) is 7.59. The Hall–Kier alpha value is -0.300. The van der Waals surface area contributed by atoms with Gasteiger partial charge in [0.25, 0.3) is 0 Å². The van der Waals surface area contributed by atoms with Gasteiger partial charge in [0.15, 0.2) is 0 Å². The molecule has 0 aliphatic rings. The molecule has 65 valence electrons. The van der Waals surface area contributed by atoms with Crippen molar-refractivity contribution in [3.05, 3.63) is 12.2 Å². The molecule has 0 rings (SSSR count). The van der Waals surface area contributed by atoms with Gasteiger partial charge >= 0.3 is 0 Å². The lowest BCUT2D eigenvalue weighted by molar-refractivity contribution is 0.146. The summed E-state index contributed by atoms with van der Waals surface area (Å²) in [6.07, 6.45) is 8.89. The molecule has 0 amide bonds. The maximum Gasteiger partial charge on any atom is 0.0847 e. The first-order valence-electron chi connectivity index (χ1n) is 4.54. The van der Waals surface area contributed by atoms with Crippen LogP contribution in [-0.2, 0) is 5.11 Å². The van der Waals surface area contributed by atoms with Gasteiger partial charge in [-0.1, -0.05) is 26.0 Å². The van der Waals surface area contributed by atoms with Crippen molar-refractivity contribution in [2.75, 3.05) is 6.61 Å². The zero-order valence-electron chi connectivity index (χ0n) is 7.68. The summed E-state index contributed by atoms with van der Waals surface area (Å²) in [5.41, 5.74) is 0. The molecule has 0 saturated heterocycles. The molecule has 0 aromatic heterocycles. The summed E-state index contributed by atoms with van der Waals surface area (Å²) in [7, 11) is 0. The maximum absolute atomic E-state index is 10.3. The van der Waals surface area contributed by atoms with Crippen LogP contribution < -0.4 is 0 Å². The summed E-state index contributed by atoms with van der Waals surface area (Å²) >= 11 is 0. The van der Waals surface area contributed by atoms with Gasteiger partial charge < -0.3 is 0 Å². The molecule has 11 heavy (non-hydrogen) atoms. The minimum absolute atomic E-state index is 0.0808. The lowest BCUT2D eigenvalue weighted by Gasteiger charge is -2.03. The minimum atomic E-state index is 0.0808. The third-order valence-electron chi connectivity index (χ3n) is 1.75. The van der Waals surface area contributed by atoms with E-state index in [1.54, 1.807) is 0 Å². The Bertz CT molecular complexity index is 97.0. The number of unbranched alkanes of at least 4 members (excludes halogenated alkanes) is 1. The Morgan fingerprint density at radius 3 is 2.64 bits per heavy atom. The highest BCUT2D eigenvalue weighted by molar-refractivity contribution is 4.79. The molecule has 1 atom stereocenters. The molecule has 0 N–H and O–H groups in total. The molecule has 0 aromatic carbocycles. The molecular formula is C10H19O. The Morgan fingerprint density at radius 1 is 1.36 bits per heavy atom. The monoisotopic (exact) mass is 155 g/mol. The van der Waals surface area contributed by atoms with Crippen LogP contribution >= 0.6 is 0 Å². The molecule has 0 bridgehead atoms. The summed E-state index contributed by atoms with van der Waals surface area (Å²) in [5, 5.41) is 10.3. The molecule has 1 heteroatoms. The predicted octanol–water partition coefficient (Wildman–Crippen LogP) is 3.19. The van der Waals surface area contributed by atoms with Crippen molar-refractivity contribution in [1.82, 2.24) is 0 Å². The lowest BCUT2D eigenvalue weighted by Crippen LogP contribution is -1.97. The fourth-order valence-electron chi connectivity index (χ4n) is 0.952. The number of allylic oxidation sites excluding steroid dienone is 2.